The highest BCUT2D eigenvalue weighted by Crippen LogP contribution is 2.53. The lowest BCUT2D eigenvalue weighted by Crippen LogP contribution is -2.15. The van der Waals surface area contributed by atoms with E-state index in [9.17, 15) is 0 Å². The minimum atomic E-state index is -0.0522. The van der Waals surface area contributed by atoms with E-state index in [1.807, 2.05) is 6.07 Å². The van der Waals surface area contributed by atoms with E-state index in [0.29, 0.717) is 0 Å². The molecule has 6 aromatic rings. The van der Waals surface area contributed by atoms with Crippen molar-refractivity contribution >= 4 is 21.5 Å². The van der Waals surface area contributed by atoms with Gasteiger partial charge in [-0.3, -0.25) is 0 Å². The zero-order valence-electron chi connectivity index (χ0n) is 20.3. The SMILES string of the molecule is CC1(C)c2cc(-c3cc4c5c(cccc5c3)Oc3ccccc3-4)ccc2-c2c1ccc1ccccc21. The van der Waals surface area contributed by atoms with E-state index in [1.165, 1.54) is 60.5 Å². The number of hydrogen-bond acceptors (Lipinski definition) is 1. The number of benzene rings is 6. The number of para-hydroxylation sites is 1. The van der Waals surface area contributed by atoms with Gasteiger partial charge in [0.2, 0.25) is 0 Å². The third-order valence-electron chi connectivity index (χ3n) is 8.23. The average Bonchev–Trinajstić information content (AvgIpc) is 3.15. The molecule has 0 fully saturated rings. The van der Waals surface area contributed by atoms with E-state index in [-0.39, 0.29) is 5.41 Å². The minimum absolute atomic E-state index is 0.0522. The molecule has 0 amide bonds. The lowest BCUT2D eigenvalue weighted by Gasteiger charge is -2.23. The van der Waals surface area contributed by atoms with Crippen LogP contribution in [0.1, 0.15) is 25.0 Å². The summed E-state index contributed by atoms with van der Waals surface area (Å²) in [4.78, 5) is 0. The first-order valence-electron chi connectivity index (χ1n) is 12.6. The van der Waals surface area contributed by atoms with Crippen LogP contribution in [0.3, 0.4) is 0 Å². The fourth-order valence-electron chi connectivity index (χ4n) is 6.44. The summed E-state index contributed by atoms with van der Waals surface area (Å²) in [5.41, 5.74) is 10.4. The van der Waals surface area contributed by atoms with Gasteiger partial charge in [0, 0.05) is 16.4 Å². The number of ether oxygens (including phenoxy) is 1. The molecule has 0 saturated heterocycles. The predicted octanol–water partition coefficient (Wildman–Crippen LogP) is 9.74. The summed E-state index contributed by atoms with van der Waals surface area (Å²) in [7, 11) is 0. The Kier molecular flexibility index (Phi) is 3.79. The Balaban J connectivity index is 1.37. The first-order chi connectivity index (χ1) is 17.6. The Morgan fingerprint density at radius 1 is 0.528 bits per heavy atom. The Bertz CT molecular complexity index is 1890. The van der Waals surface area contributed by atoms with Crippen LogP contribution in [0.4, 0.5) is 0 Å². The normalized spacial score (nSPS) is 14.3. The van der Waals surface area contributed by atoms with E-state index in [0.717, 1.165) is 17.1 Å². The second-order valence-electron chi connectivity index (χ2n) is 10.6. The van der Waals surface area contributed by atoms with Crippen molar-refractivity contribution in [1.29, 1.82) is 0 Å². The van der Waals surface area contributed by atoms with Gasteiger partial charge in [0.15, 0.2) is 0 Å². The van der Waals surface area contributed by atoms with Gasteiger partial charge in [0.05, 0.1) is 0 Å². The molecule has 0 spiro atoms. The molecule has 0 radical (unpaired) electrons. The van der Waals surface area contributed by atoms with Gasteiger partial charge in [-0.2, -0.15) is 0 Å². The molecule has 0 bridgehead atoms. The van der Waals surface area contributed by atoms with Gasteiger partial charge in [-0.25, -0.2) is 0 Å². The third-order valence-corrected chi connectivity index (χ3v) is 8.23. The van der Waals surface area contributed by atoms with Crippen LogP contribution in [-0.4, -0.2) is 0 Å². The molecule has 170 valence electrons. The van der Waals surface area contributed by atoms with Crippen molar-refractivity contribution in [3.05, 3.63) is 120 Å². The van der Waals surface area contributed by atoms with Crippen molar-refractivity contribution in [3.8, 4) is 44.9 Å². The van der Waals surface area contributed by atoms with Crippen molar-refractivity contribution in [2.24, 2.45) is 0 Å². The van der Waals surface area contributed by atoms with Crippen LogP contribution in [0.25, 0.3) is 54.9 Å². The molecule has 1 heteroatoms. The van der Waals surface area contributed by atoms with Crippen LogP contribution < -0.4 is 4.74 Å². The largest absolute Gasteiger partial charge is 0.456 e. The number of fused-ring (bicyclic) bond motifs is 7. The highest BCUT2D eigenvalue weighted by molar-refractivity contribution is 6.07. The van der Waals surface area contributed by atoms with Crippen LogP contribution in [-0.2, 0) is 5.41 Å². The fourth-order valence-corrected chi connectivity index (χ4v) is 6.44. The molecule has 0 unspecified atom stereocenters. The van der Waals surface area contributed by atoms with Gasteiger partial charge in [-0.15, -0.1) is 0 Å². The van der Waals surface area contributed by atoms with Crippen LogP contribution in [0.15, 0.2) is 109 Å². The zero-order chi connectivity index (χ0) is 24.0. The molecule has 1 heterocycles. The van der Waals surface area contributed by atoms with Crippen molar-refractivity contribution in [3.63, 3.8) is 0 Å². The second-order valence-corrected chi connectivity index (χ2v) is 10.6. The molecule has 36 heavy (non-hydrogen) atoms. The molecule has 0 saturated carbocycles. The molecule has 0 aromatic heterocycles. The summed E-state index contributed by atoms with van der Waals surface area (Å²) in [5, 5.41) is 5.05. The highest BCUT2D eigenvalue weighted by atomic mass is 16.5. The Morgan fingerprint density at radius 2 is 1.33 bits per heavy atom. The molecule has 1 aliphatic heterocycles. The monoisotopic (exact) mass is 460 g/mol. The summed E-state index contributed by atoms with van der Waals surface area (Å²) >= 11 is 0. The highest BCUT2D eigenvalue weighted by Gasteiger charge is 2.36. The van der Waals surface area contributed by atoms with Crippen molar-refractivity contribution in [1.82, 2.24) is 0 Å². The first kappa shape index (κ1) is 19.9. The van der Waals surface area contributed by atoms with E-state index in [1.54, 1.807) is 0 Å². The Morgan fingerprint density at radius 3 is 2.28 bits per heavy atom. The molecule has 0 N–H and O–H groups in total. The van der Waals surface area contributed by atoms with Gasteiger partial charge >= 0.3 is 0 Å². The van der Waals surface area contributed by atoms with Gasteiger partial charge in [0.1, 0.15) is 11.5 Å². The van der Waals surface area contributed by atoms with Crippen LogP contribution in [0, 0.1) is 0 Å². The number of rotatable bonds is 1. The molecule has 6 aromatic carbocycles. The van der Waals surface area contributed by atoms with E-state index in [4.69, 9.17) is 4.74 Å². The molecular weight excluding hydrogens is 436 g/mol. The molecule has 2 aliphatic rings. The van der Waals surface area contributed by atoms with Crippen molar-refractivity contribution in [2.45, 2.75) is 19.3 Å². The van der Waals surface area contributed by atoms with Crippen molar-refractivity contribution < 1.29 is 4.74 Å². The van der Waals surface area contributed by atoms with Crippen molar-refractivity contribution in [2.75, 3.05) is 0 Å². The second kappa shape index (κ2) is 6.86. The average molecular weight is 461 g/mol. The van der Waals surface area contributed by atoms with Gasteiger partial charge in [-0.1, -0.05) is 92.7 Å². The molecule has 1 nitrogen and oxygen atoms in total. The van der Waals surface area contributed by atoms with Crippen LogP contribution >= 0.6 is 0 Å². The maximum absolute atomic E-state index is 6.25. The van der Waals surface area contributed by atoms with E-state index in [2.05, 4.69) is 117 Å². The first-order valence-corrected chi connectivity index (χ1v) is 12.6. The lowest BCUT2D eigenvalue weighted by atomic mass is 9.81. The lowest BCUT2D eigenvalue weighted by molar-refractivity contribution is 0.487. The fraction of sp³-hybridized carbons (Fsp3) is 0.0857. The summed E-state index contributed by atoms with van der Waals surface area (Å²) in [5.74, 6) is 1.86. The third kappa shape index (κ3) is 2.55. The van der Waals surface area contributed by atoms with Gasteiger partial charge in [-0.05, 0) is 85.4 Å². The standard InChI is InChI=1S/C35H24O/c1-35(2)29-17-15-21-8-3-4-10-25(21)34(29)27-16-14-22(20-30(27)35)24-18-23-9-7-13-32-33(23)28(19-24)26-11-5-6-12-31(26)36-32/h3-20H,1-2H3. The molecule has 1 aliphatic carbocycles. The summed E-state index contributed by atoms with van der Waals surface area (Å²) < 4.78 is 6.25. The maximum Gasteiger partial charge on any atom is 0.135 e. The summed E-state index contributed by atoms with van der Waals surface area (Å²) in [6.45, 7) is 4.72. The quantitative estimate of drug-likeness (QED) is 0.237. The van der Waals surface area contributed by atoms with Gasteiger partial charge in [0.25, 0.3) is 0 Å². The van der Waals surface area contributed by atoms with Crippen LogP contribution in [0.5, 0.6) is 11.5 Å². The predicted molar refractivity (Wildman–Crippen MR) is 150 cm³/mol. The Hall–Kier alpha value is -4.36. The maximum atomic E-state index is 6.25. The van der Waals surface area contributed by atoms with E-state index < -0.39 is 0 Å². The van der Waals surface area contributed by atoms with Crippen LogP contribution in [0.2, 0.25) is 0 Å². The van der Waals surface area contributed by atoms with Gasteiger partial charge < -0.3 is 4.74 Å². The topological polar surface area (TPSA) is 9.23 Å². The minimum Gasteiger partial charge on any atom is -0.456 e. The summed E-state index contributed by atoms with van der Waals surface area (Å²) in [6.07, 6.45) is 0. The molecular formula is C35H24O. The van der Waals surface area contributed by atoms with E-state index >= 15 is 0 Å². The zero-order valence-corrected chi connectivity index (χ0v) is 20.3. The molecule has 8 rings (SSSR count). The molecule has 0 atom stereocenters. The number of hydrogen-bond donors (Lipinski definition) is 0. The Labute approximate surface area is 210 Å². The smallest absolute Gasteiger partial charge is 0.135 e. The summed E-state index contributed by atoms with van der Waals surface area (Å²) in [6, 6.07) is 39.8.